The van der Waals surface area contributed by atoms with Crippen LogP contribution in [0.5, 0.6) is 0 Å². The number of benzene rings is 1. The van der Waals surface area contributed by atoms with E-state index < -0.39 is 34.2 Å². The zero-order chi connectivity index (χ0) is 25.7. The van der Waals surface area contributed by atoms with Crippen molar-refractivity contribution in [1.29, 1.82) is 0 Å². The van der Waals surface area contributed by atoms with Gasteiger partial charge in [0, 0.05) is 38.6 Å². The molecule has 2 aromatic heterocycles. The molecular formula is C23H27FN6O5S. The van der Waals surface area contributed by atoms with Crippen LogP contribution in [0.3, 0.4) is 0 Å². The number of sulfonamides is 1. The number of morpholine rings is 1. The number of amides is 1. The number of alkyl halides is 1. The van der Waals surface area contributed by atoms with Crippen LogP contribution in [-0.4, -0.2) is 83.0 Å². The lowest BCUT2D eigenvalue weighted by molar-refractivity contribution is -0.00996. The van der Waals surface area contributed by atoms with E-state index in [9.17, 15) is 22.7 Å². The molecule has 4 heterocycles. The van der Waals surface area contributed by atoms with Crippen molar-refractivity contribution in [2.24, 2.45) is 0 Å². The second-order valence-electron chi connectivity index (χ2n) is 9.40. The lowest BCUT2D eigenvalue weighted by Gasteiger charge is -2.31. The van der Waals surface area contributed by atoms with Gasteiger partial charge < -0.3 is 20.1 Å². The van der Waals surface area contributed by atoms with Crippen molar-refractivity contribution in [3.8, 4) is 0 Å². The maximum atomic E-state index is 14.6. The number of aromatic nitrogens is 3. The number of nitrogens with one attached hydrogen (secondary N) is 1. The number of rotatable bonds is 6. The summed E-state index contributed by atoms with van der Waals surface area (Å²) in [6.07, 6.45) is 2.89. The van der Waals surface area contributed by atoms with Gasteiger partial charge in [-0.2, -0.15) is 9.40 Å². The minimum absolute atomic E-state index is 0.0580. The SMILES string of the molecule is CC(C)(O)C(F)CN1Cc2cc(NC(=O)c3cnn4cccnc34)c(N3CCOCC3)cc2S1(=O)=O. The number of ether oxygens (including phenoxy) is 1. The number of nitrogens with zero attached hydrogens (tertiary/aromatic N) is 5. The van der Waals surface area contributed by atoms with Crippen LogP contribution in [0.25, 0.3) is 5.65 Å². The normalized spacial score (nSPS) is 18.8. The van der Waals surface area contributed by atoms with Crippen LogP contribution in [0.4, 0.5) is 15.8 Å². The molecule has 1 unspecified atom stereocenters. The molecule has 1 aromatic carbocycles. The third-order valence-corrected chi connectivity index (χ3v) is 8.29. The van der Waals surface area contributed by atoms with Crippen LogP contribution in [0.1, 0.15) is 29.8 Å². The second-order valence-corrected chi connectivity index (χ2v) is 11.3. The van der Waals surface area contributed by atoms with Gasteiger partial charge in [0.25, 0.3) is 5.91 Å². The molecule has 2 N–H and O–H groups in total. The molecule has 0 bridgehead atoms. The number of fused-ring (bicyclic) bond motifs is 2. The van der Waals surface area contributed by atoms with Crippen molar-refractivity contribution < 1.29 is 27.4 Å². The Hall–Kier alpha value is -3.13. The van der Waals surface area contributed by atoms with E-state index in [1.54, 1.807) is 24.5 Å². The molecule has 0 radical (unpaired) electrons. The molecule has 13 heteroatoms. The van der Waals surface area contributed by atoms with Crippen LogP contribution in [0.2, 0.25) is 0 Å². The van der Waals surface area contributed by atoms with E-state index in [-0.39, 0.29) is 17.0 Å². The molecule has 5 rings (SSSR count). The zero-order valence-electron chi connectivity index (χ0n) is 19.9. The van der Waals surface area contributed by atoms with Gasteiger partial charge in [-0.3, -0.25) is 4.79 Å². The van der Waals surface area contributed by atoms with Gasteiger partial charge in [0.05, 0.1) is 41.3 Å². The lowest BCUT2D eigenvalue weighted by Crippen LogP contribution is -2.42. The number of hydrogen-bond acceptors (Lipinski definition) is 8. The Morgan fingerprint density at radius 1 is 1.31 bits per heavy atom. The summed E-state index contributed by atoms with van der Waals surface area (Å²) in [4.78, 5) is 19.4. The Morgan fingerprint density at radius 3 is 2.78 bits per heavy atom. The fraction of sp³-hybridized carbons (Fsp3) is 0.435. The van der Waals surface area contributed by atoms with E-state index >= 15 is 0 Å². The molecule has 3 aromatic rings. The first-order valence-corrected chi connectivity index (χ1v) is 13.0. The topological polar surface area (TPSA) is 129 Å². The van der Waals surface area contributed by atoms with Gasteiger partial charge in [-0.25, -0.2) is 22.3 Å². The van der Waals surface area contributed by atoms with Crippen molar-refractivity contribution in [2.75, 3.05) is 43.1 Å². The third-order valence-electron chi connectivity index (χ3n) is 6.40. The molecule has 0 aliphatic carbocycles. The maximum Gasteiger partial charge on any atom is 0.261 e. The standard InChI is InChI=1S/C23H27FN6O5S/c1-23(2,32)20(24)14-29-13-15-10-17(27-22(31)16-12-26-30-5-3-4-25-21(16)30)18(11-19(15)36(29,33)34)28-6-8-35-9-7-28/h3-5,10-12,20,32H,6-9,13-14H2,1-2H3,(H,27,31). The molecule has 1 saturated heterocycles. The number of anilines is 2. The lowest BCUT2D eigenvalue weighted by atomic mass is 10.0. The predicted octanol–water partition coefficient (Wildman–Crippen LogP) is 1.43. The molecule has 2 aliphatic rings. The van der Waals surface area contributed by atoms with E-state index in [1.807, 2.05) is 4.90 Å². The molecule has 1 fully saturated rings. The van der Waals surface area contributed by atoms with Crippen molar-refractivity contribution in [3.63, 3.8) is 0 Å². The fourth-order valence-electron chi connectivity index (χ4n) is 4.30. The van der Waals surface area contributed by atoms with E-state index in [0.717, 1.165) is 4.31 Å². The Kier molecular flexibility index (Phi) is 6.19. The zero-order valence-corrected chi connectivity index (χ0v) is 20.7. The van der Waals surface area contributed by atoms with Crippen LogP contribution in [0.15, 0.2) is 41.7 Å². The Bertz CT molecular complexity index is 1410. The van der Waals surface area contributed by atoms with Crippen molar-refractivity contribution >= 4 is 33.0 Å². The number of carbonyl (C=O) groups is 1. The van der Waals surface area contributed by atoms with Crippen molar-refractivity contribution in [1.82, 2.24) is 18.9 Å². The molecule has 192 valence electrons. The van der Waals surface area contributed by atoms with Crippen LogP contribution < -0.4 is 10.2 Å². The number of aliphatic hydroxyl groups is 1. The van der Waals surface area contributed by atoms with Gasteiger partial charge in [-0.15, -0.1) is 0 Å². The highest BCUT2D eigenvalue weighted by Gasteiger charge is 2.40. The summed E-state index contributed by atoms with van der Waals surface area (Å²) >= 11 is 0. The predicted molar refractivity (Wildman–Crippen MR) is 129 cm³/mol. The van der Waals surface area contributed by atoms with Crippen LogP contribution >= 0.6 is 0 Å². The largest absolute Gasteiger partial charge is 0.387 e. The van der Waals surface area contributed by atoms with Gasteiger partial charge in [0.2, 0.25) is 10.0 Å². The highest BCUT2D eigenvalue weighted by atomic mass is 32.2. The second kappa shape index (κ2) is 9.07. The van der Waals surface area contributed by atoms with Gasteiger partial charge in [-0.05, 0) is 37.6 Å². The summed E-state index contributed by atoms with van der Waals surface area (Å²) in [5, 5.41) is 17.0. The summed E-state index contributed by atoms with van der Waals surface area (Å²) in [5.74, 6) is -0.443. The van der Waals surface area contributed by atoms with E-state index in [4.69, 9.17) is 4.74 Å². The van der Waals surface area contributed by atoms with E-state index in [1.165, 1.54) is 30.6 Å². The molecule has 1 amide bonds. The third kappa shape index (κ3) is 4.43. The van der Waals surface area contributed by atoms with Gasteiger partial charge in [0.15, 0.2) is 5.65 Å². The molecule has 0 spiro atoms. The monoisotopic (exact) mass is 518 g/mol. The summed E-state index contributed by atoms with van der Waals surface area (Å²) in [7, 11) is -3.99. The minimum Gasteiger partial charge on any atom is -0.387 e. The first-order valence-electron chi connectivity index (χ1n) is 11.5. The quantitative estimate of drug-likeness (QED) is 0.502. The Balaban J connectivity index is 1.52. The number of carbonyl (C=O) groups excluding carboxylic acids is 1. The molecule has 0 saturated carbocycles. The smallest absolute Gasteiger partial charge is 0.261 e. The summed E-state index contributed by atoms with van der Waals surface area (Å²) in [6, 6.07) is 4.84. The average molecular weight is 519 g/mol. The number of halogens is 1. The summed E-state index contributed by atoms with van der Waals surface area (Å²) in [6.45, 7) is 3.97. The van der Waals surface area contributed by atoms with E-state index in [0.29, 0.717) is 48.9 Å². The van der Waals surface area contributed by atoms with Crippen molar-refractivity contribution in [3.05, 3.63) is 47.9 Å². The Morgan fingerprint density at radius 2 is 2.06 bits per heavy atom. The minimum atomic E-state index is -3.99. The molecule has 36 heavy (non-hydrogen) atoms. The number of hydrogen-bond donors (Lipinski definition) is 2. The van der Waals surface area contributed by atoms with Gasteiger partial charge in [-0.1, -0.05) is 0 Å². The average Bonchev–Trinajstić information content (AvgIpc) is 3.37. The fourth-order valence-corrected chi connectivity index (χ4v) is 5.93. The molecule has 2 aliphatic heterocycles. The maximum absolute atomic E-state index is 14.6. The molecule has 11 nitrogen and oxygen atoms in total. The Labute approximate surface area is 207 Å². The summed E-state index contributed by atoms with van der Waals surface area (Å²) < 4.78 is 49.1. The first kappa shape index (κ1) is 24.6. The van der Waals surface area contributed by atoms with Crippen LogP contribution in [0, 0.1) is 0 Å². The van der Waals surface area contributed by atoms with E-state index in [2.05, 4.69) is 15.4 Å². The molecule has 1 atom stereocenters. The van der Waals surface area contributed by atoms with Crippen molar-refractivity contribution in [2.45, 2.75) is 37.1 Å². The van der Waals surface area contributed by atoms with Crippen LogP contribution in [-0.2, 0) is 21.3 Å². The molecular weight excluding hydrogens is 491 g/mol. The van der Waals surface area contributed by atoms with Gasteiger partial charge in [0.1, 0.15) is 11.7 Å². The highest BCUT2D eigenvalue weighted by Crippen LogP contribution is 2.39. The first-order chi connectivity index (χ1) is 17.1. The summed E-state index contributed by atoms with van der Waals surface area (Å²) in [5.41, 5.74) is 0.349. The highest BCUT2D eigenvalue weighted by molar-refractivity contribution is 7.89. The van der Waals surface area contributed by atoms with Gasteiger partial charge >= 0.3 is 0 Å².